The Bertz CT molecular complexity index is 391. The molecule has 4 atom stereocenters. The summed E-state index contributed by atoms with van der Waals surface area (Å²) < 4.78 is 5.83. The van der Waals surface area contributed by atoms with Crippen molar-refractivity contribution in [3.8, 4) is 0 Å². The van der Waals surface area contributed by atoms with E-state index in [-0.39, 0.29) is 17.8 Å². The van der Waals surface area contributed by atoms with Crippen molar-refractivity contribution in [2.24, 2.45) is 23.2 Å². The van der Waals surface area contributed by atoms with Crippen LogP contribution in [-0.4, -0.2) is 38.3 Å². The van der Waals surface area contributed by atoms with E-state index in [1.165, 1.54) is 19.3 Å². The number of halogens is 1. The summed E-state index contributed by atoms with van der Waals surface area (Å²) >= 11 is 0. The normalized spacial score (nSPS) is 37.7. The lowest BCUT2D eigenvalue weighted by Crippen LogP contribution is -2.49. The van der Waals surface area contributed by atoms with E-state index in [1.54, 1.807) is 0 Å². The maximum Gasteiger partial charge on any atom is 0.227 e. The van der Waals surface area contributed by atoms with Gasteiger partial charge in [-0.25, -0.2) is 0 Å². The number of hydrogen-bond acceptors (Lipinski definition) is 3. The first-order chi connectivity index (χ1) is 10.1. The Balaban J connectivity index is 0.00000176. The summed E-state index contributed by atoms with van der Waals surface area (Å²) in [4.78, 5) is 12.8. The Morgan fingerprint density at radius 2 is 2.18 bits per heavy atom. The van der Waals surface area contributed by atoms with Gasteiger partial charge in [0.05, 0.1) is 11.5 Å². The molecule has 0 radical (unpaired) electrons. The van der Waals surface area contributed by atoms with Crippen molar-refractivity contribution >= 4 is 18.3 Å². The second-order valence-electron chi connectivity index (χ2n) is 7.57. The van der Waals surface area contributed by atoms with Crippen LogP contribution in [0.3, 0.4) is 0 Å². The first kappa shape index (κ1) is 18.0. The number of amides is 1. The Labute approximate surface area is 140 Å². The molecule has 4 nitrogen and oxygen atoms in total. The second-order valence-corrected chi connectivity index (χ2v) is 7.57. The van der Waals surface area contributed by atoms with Crippen molar-refractivity contribution in [2.75, 3.05) is 26.2 Å². The molecule has 1 aliphatic carbocycles. The monoisotopic (exact) mass is 330 g/mol. The lowest BCUT2D eigenvalue weighted by Gasteiger charge is -2.37. The van der Waals surface area contributed by atoms with E-state index in [1.807, 2.05) is 0 Å². The van der Waals surface area contributed by atoms with Gasteiger partial charge in [-0.2, -0.15) is 0 Å². The third-order valence-electron chi connectivity index (χ3n) is 5.94. The quantitative estimate of drug-likeness (QED) is 0.832. The van der Waals surface area contributed by atoms with Crippen LogP contribution in [0, 0.1) is 23.2 Å². The van der Waals surface area contributed by atoms with Crippen molar-refractivity contribution in [3.05, 3.63) is 0 Å². The number of fused-ring (bicyclic) bond motifs is 1. The van der Waals surface area contributed by atoms with Crippen LogP contribution in [0.15, 0.2) is 0 Å². The van der Waals surface area contributed by atoms with Crippen molar-refractivity contribution in [1.82, 2.24) is 10.6 Å². The van der Waals surface area contributed by atoms with Gasteiger partial charge in [0.1, 0.15) is 0 Å². The molecule has 1 saturated carbocycles. The van der Waals surface area contributed by atoms with Gasteiger partial charge in [0.15, 0.2) is 0 Å². The van der Waals surface area contributed by atoms with Crippen molar-refractivity contribution < 1.29 is 9.53 Å². The molecule has 2 N–H and O–H groups in total. The standard InChI is InChI=1S/C17H30N2O2.ClH/c1-12(2)15-13(6-8-21-15)9-19-16(20)17-7-4-3-5-14(17)10-18-11-17;/h12-15,18H,3-11H2,1-2H3,(H,19,20);1H/t13?,14-,15?,17+;/m0./s1. The third-order valence-corrected chi connectivity index (χ3v) is 5.94. The Morgan fingerprint density at radius 1 is 1.36 bits per heavy atom. The molecule has 0 spiro atoms. The minimum Gasteiger partial charge on any atom is -0.378 e. The fourth-order valence-corrected chi connectivity index (χ4v) is 4.70. The van der Waals surface area contributed by atoms with Gasteiger partial charge in [-0.3, -0.25) is 4.79 Å². The van der Waals surface area contributed by atoms with Crippen LogP contribution in [0.5, 0.6) is 0 Å². The molecule has 2 heterocycles. The average molecular weight is 331 g/mol. The molecule has 3 rings (SSSR count). The van der Waals surface area contributed by atoms with Crippen molar-refractivity contribution in [2.45, 2.75) is 52.1 Å². The molecule has 2 aliphatic heterocycles. The zero-order chi connectivity index (χ0) is 14.9. The number of hydrogen-bond donors (Lipinski definition) is 2. The molecule has 22 heavy (non-hydrogen) atoms. The molecule has 0 aromatic heterocycles. The highest BCUT2D eigenvalue weighted by molar-refractivity contribution is 5.85. The van der Waals surface area contributed by atoms with E-state index in [0.29, 0.717) is 29.8 Å². The summed E-state index contributed by atoms with van der Waals surface area (Å²) in [5.41, 5.74) is -0.120. The molecule has 0 bridgehead atoms. The highest BCUT2D eigenvalue weighted by Crippen LogP contribution is 2.44. The number of ether oxygens (including phenoxy) is 1. The van der Waals surface area contributed by atoms with Gasteiger partial charge in [-0.05, 0) is 37.6 Å². The van der Waals surface area contributed by atoms with Gasteiger partial charge in [0.2, 0.25) is 5.91 Å². The highest BCUT2D eigenvalue weighted by Gasteiger charge is 2.49. The fourth-order valence-electron chi connectivity index (χ4n) is 4.70. The Kier molecular flexibility index (Phi) is 6.14. The van der Waals surface area contributed by atoms with Crippen LogP contribution in [0.25, 0.3) is 0 Å². The zero-order valence-corrected chi connectivity index (χ0v) is 14.7. The summed E-state index contributed by atoms with van der Waals surface area (Å²) in [7, 11) is 0. The number of nitrogens with one attached hydrogen (secondary N) is 2. The highest BCUT2D eigenvalue weighted by atomic mass is 35.5. The molecule has 3 aliphatic rings. The topological polar surface area (TPSA) is 50.4 Å². The van der Waals surface area contributed by atoms with Crippen LogP contribution < -0.4 is 10.6 Å². The van der Waals surface area contributed by atoms with Gasteiger partial charge in [-0.1, -0.05) is 26.7 Å². The summed E-state index contributed by atoms with van der Waals surface area (Å²) in [6.45, 7) is 7.95. The Morgan fingerprint density at radius 3 is 2.95 bits per heavy atom. The smallest absolute Gasteiger partial charge is 0.227 e. The lowest BCUT2D eigenvalue weighted by molar-refractivity contribution is -0.134. The first-order valence-corrected chi connectivity index (χ1v) is 8.74. The third kappa shape index (κ3) is 3.29. The molecule has 1 amide bonds. The van der Waals surface area contributed by atoms with Crippen molar-refractivity contribution in [1.29, 1.82) is 0 Å². The summed E-state index contributed by atoms with van der Waals surface area (Å²) in [6, 6.07) is 0. The van der Waals surface area contributed by atoms with Gasteiger partial charge in [-0.15, -0.1) is 12.4 Å². The molecule has 2 saturated heterocycles. The predicted molar refractivity (Wildman–Crippen MR) is 90.2 cm³/mol. The van der Waals surface area contributed by atoms with Crippen LogP contribution in [0.1, 0.15) is 46.0 Å². The van der Waals surface area contributed by atoms with Crippen LogP contribution in [0.4, 0.5) is 0 Å². The Hall–Kier alpha value is -0.320. The van der Waals surface area contributed by atoms with Gasteiger partial charge in [0, 0.05) is 25.6 Å². The van der Waals surface area contributed by atoms with Crippen molar-refractivity contribution in [3.63, 3.8) is 0 Å². The largest absolute Gasteiger partial charge is 0.378 e. The van der Waals surface area contributed by atoms with Gasteiger partial charge < -0.3 is 15.4 Å². The molecule has 2 unspecified atom stereocenters. The maximum atomic E-state index is 12.8. The van der Waals surface area contributed by atoms with E-state index in [9.17, 15) is 4.79 Å². The van der Waals surface area contributed by atoms with Crippen LogP contribution >= 0.6 is 12.4 Å². The SMILES string of the molecule is CC(C)C1OCCC1CNC(=O)[C@@]12CCCC[C@H]1CNC2.Cl. The molecule has 128 valence electrons. The summed E-state index contributed by atoms with van der Waals surface area (Å²) in [6.07, 6.45) is 6.15. The average Bonchev–Trinajstić information content (AvgIpc) is 3.11. The maximum absolute atomic E-state index is 12.8. The number of rotatable bonds is 4. The van der Waals surface area contributed by atoms with E-state index >= 15 is 0 Å². The van der Waals surface area contributed by atoms with E-state index < -0.39 is 0 Å². The molecule has 0 aromatic carbocycles. The first-order valence-electron chi connectivity index (χ1n) is 8.74. The number of carbonyl (C=O) groups is 1. The number of carbonyl (C=O) groups excluding carboxylic acids is 1. The molecule has 3 fully saturated rings. The predicted octanol–water partition coefficient (Wildman–Crippen LogP) is 2.37. The lowest BCUT2D eigenvalue weighted by atomic mass is 9.67. The minimum atomic E-state index is -0.120. The molecule has 5 heteroatoms. The van der Waals surface area contributed by atoms with Gasteiger partial charge >= 0.3 is 0 Å². The van der Waals surface area contributed by atoms with E-state index in [2.05, 4.69) is 24.5 Å². The van der Waals surface area contributed by atoms with E-state index in [4.69, 9.17) is 4.74 Å². The van der Waals surface area contributed by atoms with Crippen LogP contribution in [-0.2, 0) is 9.53 Å². The van der Waals surface area contributed by atoms with Crippen LogP contribution in [0.2, 0.25) is 0 Å². The summed E-state index contributed by atoms with van der Waals surface area (Å²) in [5.74, 6) is 1.86. The zero-order valence-electron chi connectivity index (χ0n) is 13.9. The molecular formula is C17H31ClN2O2. The second kappa shape index (κ2) is 7.50. The molecular weight excluding hydrogens is 300 g/mol. The van der Waals surface area contributed by atoms with E-state index in [0.717, 1.165) is 39.1 Å². The summed E-state index contributed by atoms with van der Waals surface area (Å²) in [5, 5.41) is 6.74. The fraction of sp³-hybridized carbons (Fsp3) is 0.941. The molecule has 0 aromatic rings. The minimum absolute atomic E-state index is 0. The van der Waals surface area contributed by atoms with Gasteiger partial charge in [0.25, 0.3) is 0 Å².